The number of rotatable bonds is 9. The molecule has 3 aliphatic rings. The lowest BCUT2D eigenvalue weighted by molar-refractivity contribution is -0.394. The summed E-state index contributed by atoms with van der Waals surface area (Å²) in [6.07, 6.45) is 2.85. The number of nitro benzene ring substituents is 2. The second kappa shape index (κ2) is 12.1. The second-order valence-corrected chi connectivity index (χ2v) is 14.3. The topological polar surface area (TPSA) is 142 Å². The monoisotopic (exact) mass is 681 g/mol. The summed E-state index contributed by atoms with van der Waals surface area (Å²) in [5.74, 6) is -0.453. The van der Waals surface area contributed by atoms with E-state index in [1.54, 1.807) is 25.3 Å². The Morgan fingerprint density at radius 3 is 1.96 bits per heavy atom. The maximum atomic E-state index is 14.0. The van der Waals surface area contributed by atoms with E-state index < -0.39 is 27.1 Å². The smallest absolute Gasteiger partial charge is 0.318 e. The summed E-state index contributed by atoms with van der Waals surface area (Å²) in [6, 6.07) is 8.37. The van der Waals surface area contributed by atoms with Gasteiger partial charge in [-0.1, -0.05) is 33.8 Å². The van der Waals surface area contributed by atoms with Crippen LogP contribution in [0.2, 0.25) is 0 Å². The Morgan fingerprint density at radius 1 is 0.867 bits per heavy atom. The van der Waals surface area contributed by atoms with Crippen LogP contribution in [0.1, 0.15) is 71.3 Å². The highest BCUT2D eigenvalue weighted by Gasteiger charge is 2.49. The minimum absolute atomic E-state index is 0.0186. The average Bonchev–Trinajstić information content (AvgIpc) is 2.93. The molecule has 0 radical (unpaired) electrons. The molecule has 0 aromatic heterocycles. The summed E-state index contributed by atoms with van der Waals surface area (Å²) in [5.41, 5.74) is 2.47. The van der Waals surface area contributed by atoms with E-state index in [2.05, 4.69) is 48.5 Å². The van der Waals surface area contributed by atoms with Gasteiger partial charge in [-0.15, -0.1) is 0 Å². The maximum absolute atomic E-state index is 14.0. The Kier molecular flexibility index (Phi) is 8.76. The van der Waals surface area contributed by atoms with Crippen LogP contribution in [0.25, 0.3) is 0 Å². The van der Waals surface area contributed by atoms with Crippen molar-refractivity contribution in [3.05, 3.63) is 89.2 Å². The molecular formula is C33H36BrN3O8. The zero-order valence-electron chi connectivity index (χ0n) is 26.0. The number of methoxy groups -OCH3 is 1. The van der Waals surface area contributed by atoms with E-state index >= 15 is 0 Å². The number of hydrogen-bond acceptors (Lipinski definition) is 9. The van der Waals surface area contributed by atoms with Crippen molar-refractivity contribution in [3.8, 4) is 11.5 Å². The van der Waals surface area contributed by atoms with Gasteiger partial charge in [0.2, 0.25) is 5.75 Å². The van der Waals surface area contributed by atoms with Gasteiger partial charge in [-0.05, 0) is 69.8 Å². The first kappa shape index (κ1) is 32.5. The Bertz CT molecular complexity index is 1620. The highest BCUT2D eigenvalue weighted by molar-refractivity contribution is 9.10. The van der Waals surface area contributed by atoms with Crippen molar-refractivity contribution in [2.24, 2.45) is 10.8 Å². The van der Waals surface area contributed by atoms with Crippen molar-refractivity contribution in [1.29, 1.82) is 0 Å². The van der Waals surface area contributed by atoms with Crippen LogP contribution in [0.15, 0.2) is 63.4 Å². The Labute approximate surface area is 269 Å². The first-order valence-electron chi connectivity index (χ1n) is 14.8. The lowest BCUT2D eigenvalue weighted by Gasteiger charge is -2.49. The van der Waals surface area contributed by atoms with E-state index in [0.717, 1.165) is 35.5 Å². The van der Waals surface area contributed by atoms with Gasteiger partial charge in [0.05, 0.1) is 20.4 Å². The quantitative estimate of drug-likeness (QED) is 0.147. The summed E-state index contributed by atoms with van der Waals surface area (Å²) < 4.78 is 11.7. The zero-order valence-corrected chi connectivity index (χ0v) is 27.6. The third kappa shape index (κ3) is 6.44. The molecule has 0 saturated heterocycles. The number of allylic oxidation sites excluding steroid dienone is 4. The molecule has 0 unspecified atom stereocenters. The van der Waals surface area contributed by atoms with Crippen LogP contribution in [0, 0.1) is 31.1 Å². The summed E-state index contributed by atoms with van der Waals surface area (Å²) in [7, 11) is 1.66. The number of ketones is 2. The van der Waals surface area contributed by atoms with Crippen molar-refractivity contribution in [1.82, 2.24) is 4.90 Å². The van der Waals surface area contributed by atoms with Crippen LogP contribution >= 0.6 is 15.9 Å². The minimum Gasteiger partial charge on any atom is -0.449 e. The number of carbonyl (C=O) groups excluding carboxylic acids is 2. The van der Waals surface area contributed by atoms with Gasteiger partial charge in [0.15, 0.2) is 11.6 Å². The zero-order chi connectivity index (χ0) is 32.8. The van der Waals surface area contributed by atoms with E-state index in [1.165, 1.54) is 6.07 Å². The van der Waals surface area contributed by atoms with Gasteiger partial charge in [0, 0.05) is 67.6 Å². The largest absolute Gasteiger partial charge is 0.449 e. The lowest BCUT2D eigenvalue weighted by atomic mass is 9.63. The average molecular weight is 683 g/mol. The number of nitro groups is 2. The van der Waals surface area contributed by atoms with Gasteiger partial charge in [0.1, 0.15) is 5.75 Å². The molecular weight excluding hydrogens is 646 g/mol. The fourth-order valence-electron chi connectivity index (χ4n) is 6.76. The number of benzene rings is 2. The molecule has 0 amide bonds. The Morgan fingerprint density at radius 2 is 1.44 bits per heavy atom. The SMILES string of the molecule is COCCCN1C2=C(C(=O)CC(C)(C)C2)C(c2ccc(Oc3ccc([N+](=O)[O-])cc3[N+](=O)[O-])c(Br)c2)C2=C1CC(C)(C)CC2=O. The Balaban J connectivity index is 1.62. The van der Waals surface area contributed by atoms with Gasteiger partial charge in [-0.25, -0.2) is 0 Å². The van der Waals surface area contributed by atoms with Crippen molar-refractivity contribution in [3.63, 3.8) is 0 Å². The van der Waals surface area contributed by atoms with E-state index in [-0.39, 0.29) is 33.9 Å². The number of non-ortho nitro benzene ring substituents is 1. The molecule has 1 aliphatic heterocycles. The molecule has 0 atom stereocenters. The molecule has 1 heterocycles. The van der Waals surface area contributed by atoms with E-state index in [4.69, 9.17) is 9.47 Å². The van der Waals surface area contributed by atoms with Gasteiger partial charge in [-0.2, -0.15) is 0 Å². The number of hydrogen-bond donors (Lipinski definition) is 0. The van der Waals surface area contributed by atoms with Crippen LogP contribution in [0.4, 0.5) is 11.4 Å². The highest BCUT2D eigenvalue weighted by atomic mass is 79.9. The van der Waals surface area contributed by atoms with Gasteiger partial charge >= 0.3 is 5.69 Å². The van der Waals surface area contributed by atoms with Crippen LogP contribution in [0.5, 0.6) is 11.5 Å². The number of nitrogens with zero attached hydrogens (tertiary/aromatic N) is 3. The molecule has 0 bridgehead atoms. The maximum Gasteiger partial charge on any atom is 0.318 e. The predicted molar refractivity (Wildman–Crippen MR) is 170 cm³/mol. The Hall–Kier alpha value is -3.90. The molecule has 0 N–H and O–H groups in total. The lowest BCUT2D eigenvalue weighted by Crippen LogP contribution is -2.44. The van der Waals surface area contributed by atoms with Crippen molar-refractivity contribution < 1.29 is 28.9 Å². The highest BCUT2D eigenvalue weighted by Crippen LogP contribution is 2.55. The van der Waals surface area contributed by atoms with Gasteiger partial charge in [-0.3, -0.25) is 29.8 Å². The molecule has 0 fully saturated rings. The number of Topliss-reactive ketones (excluding diaryl/α,β-unsaturated/α-hetero) is 2. The molecule has 11 nitrogen and oxygen atoms in total. The van der Waals surface area contributed by atoms with Crippen molar-refractivity contribution in [2.75, 3.05) is 20.3 Å². The third-order valence-electron chi connectivity index (χ3n) is 8.61. The van der Waals surface area contributed by atoms with Crippen LogP contribution in [0.3, 0.4) is 0 Å². The molecule has 12 heteroatoms. The normalized spacial score (nSPS) is 19.4. The summed E-state index contributed by atoms with van der Waals surface area (Å²) in [6.45, 7) is 9.57. The fraction of sp³-hybridized carbons (Fsp3) is 0.455. The third-order valence-corrected chi connectivity index (χ3v) is 9.23. The molecule has 0 spiro atoms. The molecule has 5 rings (SSSR count). The molecule has 2 aromatic rings. The summed E-state index contributed by atoms with van der Waals surface area (Å²) >= 11 is 3.54. The van der Waals surface area contributed by atoms with Crippen LogP contribution in [-0.2, 0) is 14.3 Å². The van der Waals surface area contributed by atoms with Crippen LogP contribution in [-0.4, -0.2) is 46.6 Å². The summed E-state index contributed by atoms with van der Waals surface area (Å²) in [4.78, 5) is 51.6. The first-order valence-corrected chi connectivity index (χ1v) is 15.6. The standard InChI is InChI=1S/C33H36BrN3O8/c1-32(2)15-23-30(25(38)17-32)29(31-24(35(23)11-6-12-44-5)16-33(3,4)18-26(31)39)19-7-9-27(21(34)13-19)45-28-10-8-20(36(40)41)14-22(28)37(42)43/h7-10,13-14,29H,6,11-12,15-18H2,1-5H3. The van der Waals surface area contributed by atoms with E-state index in [1.807, 2.05) is 0 Å². The van der Waals surface area contributed by atoms with E-state index in [0.29, 0.717) is 54.5 Å². The van der Waals surface area contributed by atoms with E-state index in [9.17, 15) is 29.8 Å². The molecule has 45 heavy (non-hydrogen) atoms. The molecule has 2 aromatic carbocycles. The molecule has 2 aliphatic carbocycles. The number of ether oxygens (including phenoxy) is 2. The number of carbonyl (C=O) groups is 2. The van der Waals surface area contributed by atoms with Crippen molar-refractivity contribution >= 4 is 38.9 Å². The molecule has 0 saturated carbocycles. The minimum atomic E-state index is -0.737. The predicted octanol–water partition coefficient (Wildman–Crippen LogP) is 7.78. The number of halogens is 1. The van der Waals surface area contributed by atoms with Crippen LogP contribution < -0.4 is 4.74 Å². The van der Waals surface area contributed by atoms with Gasteiger partial charge < -0.3 is 14.4 Å². The fourth-order valence-corrected chi connectivity index (χ4v) is 7.24. The van der Waals surface area contributed by atoms with Crippen molar-refractivity contribution in [2.45, 2.75) is 65.7 Å². The molecule has 238 valence electrons. The second-order valence-electron chi connectivity index (χ2n) is 13.5. The summed E-state index contributed by atoms with van der Waals surface area (Å²) in [5, 5.41) is 22.8. The van der Waals surface area contributed by atoms with Gasteiger partial charge in [0.25, 0.3) is 5.69 Å². The first-order chi connectivity index (χ1) is 21.1.